The Morgan fingerprint density at radius 2 is 1.82 bits per heavy atom. The average Bonchev–Trinajstić information content (AvgIpc) is 2.22. The largest absolute Gasteiger partial charge is 0.472 e. The Balaban J connectivity index is 4.47. The van der Waals surface area contributed by atoms with Crippen LogP contribution in [0.5, 0.6) is 0 Å². The van der Waals surface area contributed by atoms with E-state index in [4.69, 9.17) is 43.9 Å². The minimum absolute atomic E-state index is 0.0754. The summed E-state index contributed by atoms with van der Waals surface area (Å²) in [6, 6.07) is 0. The third-order valence-electron chi connectivity index (χ3n) is 1.98. The molecule has 5 unspecified atom stereocenters. The molecule has 0 amide bonds. The molecule has 5 atom stereocenters. The van der Waals surface area contributed by atoms with Gasteiger partial charge < -0.3 is 4.89 Å². The fourth-order valence-electron chi connectivity index (χ4n) is 1.11. The maximum Gasteiger partial charge on any atom is 0.472 e. The zero-order chi connectivity index (χ0) is 13.6. The molecule has 0 aromatic rings. The predicted molar refractivity (Wildman–Crippen MR) is 71.2 cm³/mol. The number of alkyl halides is 3. The van der Waals surface area contributed by atoms with Crippen LogP contribution in [0.4, 0.5) is 0 Å². The first kappa shape index (κ1) is 18.0. The fourth-order valence-corrected chi connectivity index (χ4v) is 2.98. The van der Waals surface area contributed by atoms with Crippen LogP contribution in [0.1, 0.15) is 20.8 Å². The highest BCUT2D eigenvalue weighted by atomic mass is 35.5. The lowest BCUT2D eigenvalue weighted by Gasteiger charge is -2.26. The van der Waals surface area contributed by atoms with E-state index in [0.29, 0.717) is 0 Å². The second kappa shape index (κ2) is 8.21. The molecule has 0 aromatic carbocycles. The van der Waals surface area contributed by atoms with Gasteiger partial charge in [-0.3, -0.25) is 9.05 Å². The van der Waals surface area contributed by atoms with Crippen LogP contribution in [0.2, 0.25) is 0 Å². The number of phosphoric acid groups is 1. The minimum Gasteiger partial charge on any atom is -0.302 e. The Hall–Kier alpha value is 0.980. The number of hydrogen-bond donors (Lipinski definition) is 1. The first-order valence-electron chi connectivity index (χ1n) is 5.19. The van der Waals surface area contributed by atoms with Crippen LogP contribution in [0, 0.1) is 5.92 Å². The van der Waals surface area contributed by atoms with Gasteiger partial charge in [0.1, 0.15) is 0 Å². The van der Waals surface area contributed by atoms with Crippen molar-refractivity contribution in [2.45, 2.75) is 37.6 Å². The van der Waals surface area contributed by atoms with Gasteiger partial charge in [0, 0.05) is 5.88 Å². The third kappa shape index (κ3) is 7.89. The van der Waals surface area contributed by atoms with E-state index < -0.39 is 19.3 Å². The van der Waals surface area contributed by atoms with Crippen molar-refractivity contribution in [1.82, 2.24) is 0 Å². The van der Waals surface area contributed by atoms with Crippen molar-refractivity contribution in [2.75, 3.05) is 12.5 Å². The first-order valence-corrected chi connectivity index (χ1v) is 8.09. The number of hydrogen-bond acceptors (Lipinski definition) is 3. The molecule has 4 nitrogen and oxygen atoms in total. The number of halogens is 3. The Morgan fingerprint density at radius 1 is 1.29 bits per heavy atom. The molecule has 8 heteroatoms. The summed E-state index contributed by atoms with van der Waals surface area (Å²) >= 11 is 17.2. The van der Waals surface area contributed by atoms with Crippen LogP contribution in [-0.2, 0) is 13.6 Å². The molecule has 0 saturated heterocycles. The van der Waals surface area contributed by atoms with Gasteiger partial charge in [0.05, 0.1) is 23.5 Å². The molecule has 0 radical (unpaired) electrons. The highest BCUT2D eigenvalue weighted by Gasteiger charge is 2.32. The van der Waals surface area contributed by atoms with Crippen molar-refractivity contribution in [3.05, 3.63) is 0 Å². The Morgan fingerprint density at radius 3 is 2.18 bits per heavy atom. The monoisotopic (exact) mass is 326 g/mol. The SMILES string of the molecule is CC(Cl)COP(=O)(O)OC(C(C)Cl)C(C)CCl. The molecular weight excluding hydrogens is 309 g/mol. The highest BCUT2D eigenvalue weighted by molar-refractivity contribution is 7.47. The average molecular weight is 328 g/mol. The molecule has 1 N–H and O–H groups in total. The maximum absolute atomic E-state index is 11.6. The van der Waals surface area contributed by atoms with Crippen LogP contribution in [-0.4, -0.2) is 34.2 Å². The number of rotatable bonds is 8. The summed E-state index contributed by atoms with van der Waals surface area (Å²) in [4.78, 5) is 9.48. The van der Waals surface area contributed by atoms with Gasteiger partial charge >= 0.3 is 7.82 Å². The summed E-state index contributed by atoms with van der Waals surface area (Å²) in [5.41, 5.74) is 0. The molecule has 0 aliphatic heterocycles. The zero-order valence-corrected chi connectivity index (χ0v) is 13.1. The van der Waals surface area contributed by atoms with Gasteiger partial charge in [0.15, 0.2) is 0 Å². The summed E-state index contributed by atoms with van der Waals surface area (Å²) in [5.74, 6) is 0.106. The van der Waals surface area contributed by atoms with E-state index in [-0.39, 0.29) is 23.8 Å². The summed E-state index contributed by atoms with van der Waals surface area (Å²) in [6.45, 7) is 5.01. The van der Waals surface area contributed by atoms with Crippen LogP contribution < -0.4 is 0 Å². The molecule has 0 heterocycles. The second-order valence-electron chi connectivity index (χ2n) is 3.92. The van der Waals surface area contributed by atoms with Crippen molar-refractivity contribution >= 4 is 42.6 Å². The molecule has 0 aromatic heterocycles. The second-order valence-corrected chi connectivity index (χ2v) is 7.07. The van der Waals surface area contributed by atoms with E-state index in [1.54, 1.807) is 20.8 Å². The molecule has 0 bridgehead atoms. The van der Waals surface area contributed by atoms with E-state index in [1.165, 1.54) is 0 Å². The van der Waals surface area contributed by atoms with Crippen LogP contribution in [0.15, 0.2) is 0 Å². The Bertz CT molecular complexity index is 263. The van der Waals surface area contributed by atoms with Gasteiger partial charge in [0.25, 0.3) is 0 Å². The van der Waals surface area contributed by atoms with E-state index >= 15 is 0 Å². The van der Waals surface area contributed by atoms with Crippen molar-refractivity contribution < 1.29 is 18.5 Å². The lowest BCUT2D eigenvalue weighted by Crippen LogP contribution is -2.30. The standard InChI is InChI=1S/C9H18Cl3O4P/c1-6(4-10)9(8(3)12)16-17(13,14)15-5-7(2)11/h6-9H,4-5H2,1-3H3,(H,13,14). The topological polar surface area (TPSA) is 55.8 Å². The van der Waals surface area contributed by atoms with Crippen molar-refractivity contribution in [2.24, 2.45) is 5.92 Å². The summed E-state index contributed by atoms with van der Waals surface area (Å²) in [5, 5.41) is -0.836. The normalized spacial score (nSPS) is 22.5. The molecule has 0 aliphatic rings. The van der Waals surface area contributed by atoms with Gasteiger partial charge in [-0.1, -0.05) is 6.92 Å². The van der Waals surface area contributed by atoms with Gasteiger partial charge in [0.2, 0.25) is 0 Å². The Labute approximate surface area is 117 Å². The Kier molecular flexibility index (Phi) is 8.68. The van der Waals surface area contributed by atoms with Gasteiger partial charge in [-0.2, -0.15) is 0 Å². The number of phosphoric ester groups is 1. The van der Waals surface area contributed by atoms with Gasteiger partial charge in [-0.15, -0.1) is 34.8 Å². The van der Waals surface area contributed by atoms with Crippen LogP contribution >= 0.6 is 42.6 Å². The smallest absolute Gasteiger partial charge is 0.302 e. The molecule has 104 valence electrons. The summed E-state index contributed by atoms with van der Waals surface area (Å²) in [6.07, 6.45) is -0.657. The summed E-state index contributed by atoms with van der Waals surface area (Å²) in [7, 11) is -4.15. The highest BCUT2D eigenvalue weighted by Crippen LogP contribution is 2.46. The van der Waals surface area contributed by atoms with Gasteiger partial charge in [-0.25, -0.2) is 4.57 Å². The third-order valence-corrected chi connectivity index (χ3v) is 3.83. The quantitative estimate of drug-likeness (QED) is 0.546. The fraction of sp³-hybridized carbons (Fsp3) is 1.00. The molecule has 17 heavy (non-hydrogen) atoms. The van der Waals surface area contributed by atoms with Crippen LogP contribution in [0.3, 0.4) is 0 Å². The van der Waals surface area contributed by atoms with E-state index in [2.05, 4.69) is 0 Å². The lowest BCUT2D eigenvalue weighted by molar-refractivity contribution is 0.0797. The van der Waals surface area contributed by atoms with E-state index in [9.17, 15) is 9.46 Å². The minimum atomic E-state index is -4.15. The van der Waals surface area contributed by atoms with Crippen molar-refractivity contribution in [3.8, 4) is 0 Å². The van der Waals surface area contributed by atoms with Crippen LogP contribution in [0.25, 0.3) is 0 Å². The van der Waals surface area contributed by atoms with Gasteiger partial charge in [-0.05, 0) is 19.8 Å². The molecule has 0 rings (SSSR count). The van der Waals surface area contributed by atoms with Crippen molar-refractivity contribution in [3.63, 3.8) is 0 Å². The first-order chi connectivity index (χ1) is 7.69. The maximum atomic E-state index is 11.6. The molecule has 0 aliphatic carbocycles. The van der Waals surface area contributed by atoms with E-state index in [1.807, 2.05) is 0 Å². The molecular formula is C9H18Cl3O4P. The molecule has 0 spiro atoms. The molecule has 0 saturated carbocycles. The summed E-state index contributed by atoms with van der Waals surface area (Å²) < 4.78 is 21.3. The molecule has 0 fully saturated rings. The predicted octanol–water partition coefficient (Wildman–Crippen LogP) is 3.62. The lowest BCUT2D eigenvalue weighted by atomic mass is 10.1. The zero-order valence-electron chi connectivity index (χ0n) is 9.98. The van der Waals surface area contributed by atoms with Crippen molar-refractivity contribution in [1.29, 1.82) is 0 Å². The van der Waals surface area contributed by atoms with E-state index in [0.717, 1.165) is 0 Å².